The van der Waals surface area contributed by atoms with E-state index in [1.807, 2.05) is 6.92 Å². The van der Waals surface area contributed by atoms with Crippen LogP contribution in [0.2, 0.25) is 5.02 Å². The highest BCUT2D eigenvalue weighted by molar-refractivity contribution is 6.31. The minimum Gasteiger partial charge on any atom is -0.396 e. The van der Waals surface area contributed by atoms with Crippen LogP contribution in [0.3, 0.4) is 0 Å². The number of hydrogen-bond acceptors (Lipinski definition) is 2. The number of aliphatic hydroxyl groups excluding tert-OH is 1. The van der Waals surface area contributed by atoms with Gasteiger partial charge in [-0.05, 0) is 56.2 Å². The molecule has 1 aliphatic carbocycles. The van der Waals surface area contributed by atoms with E-state index in [1.54, 1.807) is 18.0 Å². The predicted octanol–water partition coefficient (Wildman–Crippen LogP) is 3.73. The molecule has 0 radical (unpaired) electrons. The van der Waals surface area contributed by atoms with Gasteiger partial charge >= 0.3 is 6.03 Å². The largest absolute Gasteiger partial charge is 0.396 e. The fourth-order valence-electron chi connectivity index (χ4n) is 3.10. The molecule has 23 heavy (non-hydrogen) atoms. The summed E-state index contributed by atoms with van der Waals surface area (Å²) in [5.74, 6) is -0.0327. The Morgan fingerprint density at radius 2 is 2.09 bits per heavy atom. The summed E-state index contributed by atoms with van der Waals surface area (Å²) in [5.41, 5.74) is 0.693. The van der Waals surface area contributed by atoms with E-state index in [1.165, 1.54) is 12.1 Å². The summed E-state index contributed by atoms with van der Waals surface area (Å²) in [4.78, 5) is 14.1. The monoisotopic (exact) mass is 342 g/mol. The normalized spacial score (nSPS) is 22.5. The van der Waals surface area contributed by atoms with Crippen molar-refractivity contribution in [1.29, 1.82) is 0 Å². The Morgan fingerprint density at radius 3 is 2.65 bits per heavy atom. The Hall–Kier alpha value is -1.33. The van der Waals surface area contributed by atoms with Gasteiger partial charge in [-0.2, -0.15) is 0 Å². The molecule has 1 aliphatic rings. The third kappa shape index (κ3) is 4.58. The second kappa shape index (κ2) is 7.97. The number of nitrogens with one attached hydrogen (secondary N) is 1. The molecule has 128 valence electrons. The number of carbonyl (C=O) groups excluding carboxylic acids is 1. The molecule has 0 heterocycles. The Balaban J connectivity index is 1.92. The van der Waals surface area contributed by atoms with Gasteiger partial charge in [0.1, 0.15) is 5.82 Å². The average Bonchev–Trinajstić information content (AvgIpc) is 2.54. The van der Waals surface area contributed by atoms with Crippen LogP contribution >= 0.6 is 11.6 Å². The van der Waals surface area contributed by atoms with Gasteiger partial charge in [-0.25, -0.2) is 9.18 Å². The Kier molecular flexibility index (Phi) is 6.25. The predicted molar refractivity (Wildman–Crippen MR) is 89.0 cm³/mol. The van der Waals surface area contributed by atoms with Gasteiger partial charge in [0.05, 0.1) is 6.04 Å². The summed E-state index contributed by atoms with van der Waals surface area (Å²) in [6.45, 7) is 2.05. The third-order valence-corrected chi connectivity index (χ3v) is 5.04. The first-order valence-corrected chi connectivity index (χ1v) is 8.39. The van der Waals surface area contributed by atoms with Crippen LogP contribution in [0.1, 0.15) is 44.2 Å². The van der Waals surface area contributed by atoms with Crippen molar-refractivity contribution in [2.45, 2.75) is 44.7 Å². The average molecular weight is 343 g/mol. The molecule has 1 aromatic carbocycles. The zero-order valence-corrected chi connectivity index (χ0v) is 14.3. The Morgan fingerprint density at radius 1 is 1.43 bits per heavy atom. The highest BCUT2D eigenvalue weighted by atomic mass is 35.5. The number of nitrogens with zero attached hydrogens (tertiary/aromatic N) is 1. The molecule has 1 atom stereocenters. The summed E-state index contributed by atoms with van der Waals surface area (Å²) >= 11 is 6.04. The number of benzene rings is 1. The van der Waals surface area contributed by atoms with Gasteiger partial charge in [-0.15, -0.1) is 0 Å². The molecule has 1 saturated carbocycles. The summed E-state index contributed by atoms with van der Waals surface area (Å²) in [7, 11) is 1.79. The number of carbonyl (C=O) groups is 1. The SMILES string of the molecule is CC(NC(=O)N(C)C1CCC(CO)CC1)c1ccc(F)cc1Cl. The number of urea groups is 1. The lowest BCUT2D eigenvalue weighted by Gasteiger charge is -2.34. The topological polar surface area (TPSA) is 52.6 Å². The fourth-order valence-corrected chi connectivity index (χ4v) is 3.43. The number of amides is 2. The fraction of sp³-hybridized carbons (Fsp3) is 0.588. The van der Waals surface area contributed by atoms with E-state index in [0.717, 1.165) is 25.7 Å². The minimum atomic E-state index is -0.393. The first-order valence-electron chi connectivity index (χ1n) is 8.01. The molecule has 0 aliphatic heterocycles. The van der Waals surface area contributed by atoms with Gasteiger partial charge in [0.2, 0.25) is 0 Å². The molecule has 6 heteroatoms. The maximum absolute atomic E-state index is 13.1. The standard InChI is InChI=1S/C17H24ClFN2O2/c1-11(15-8-5-13(19)9-16(15)18)20-17(23)21(2)14-6-3-12(10-22)4-7-14/h5,8-9,11-12,14,22H,3-4,6-7,10H2,1-2H3,(H,20,23). The van der Waals surface area contributed by atoms with E-state index < -0.39 is 5.82 Å². The third-order valence-electron chi connectivity index (χ3n) is 4.71. The van der Waals surface area contributed by atoms with E-state index in [2.05, 4.69) is 5.32 Å². The maximum Gasteiger partial charge on any atom is 0.317 e. The molecule has 0 aromatic heterocycles. The molecule has 2 N–H and O–H groups in total. The van der Waals surface area contributed by atoms with Crippen molar-refractivity contribution in [3.63, 3.8) is 0 Å². The van der Waals surface area contributed by atoms with Gasteiger partial charge in [-0.3, -0.25) is 0 Å². The molecule has 0 saturated heterocycles. The molecular weight excluding hydrogens is 319 g/mol. The van der Waals surface area contributed by atoms with E-state index >= 15 is 0 Å². The quantitative estimate of drug-likeness (QED) is 0.876. The van der Waals surface area contributed by atoms with E-state index in [4.69, 9.17) is 11.6 Å². The van der Waals surface area contributed by atoms with Crippen LogP contribution in [-0.4, -0.2) is 35.7 Å². The van der Waals surface area contributed by atoms with Crippen molar-refractivity contribution in [2.24, 2.45) is 5.92 Å². The van der Waals surface area contributed by atoms with Crippen LogP contribution in [0.5, 0.6) is 0 Å². The van der Waals surface area contributed by atoms with Crippen LogP contribution in [0.15, 0.2) is 18.2 Å². The van der Waals surface area contributed by atoms with Crippen molar-refractivity contribution in [2.75, 3.05) is 13.7 Å². The summed E-state index contributed by atoms with van der Waals surface area (Å²) in [6.07, 6.45) is 3.69. The van der Waals surface area contributed by atoms with Crippen LogP contribution in [0, 0.1) is 11.7 Å². The van der Waals surface area contributed by atoms with Crippen molar-refractivity contribution >= 4 is 17.6 Å². The number of aliphatic hydroxyl groups is 1. The first kappa shape index (κ1) is 18.0. The summed E-state index contributed by atoms with van der Waals surface area (Å²) in [5, 5.41) is 12.4. The molecular formula is C17H24ClFN2O2. The molecule has 1 fully saturated rings. The zero-order valence-electron chi connectivity index (χ0n) is 13.6. The molecule has 2 amide bonds. The van der Waals surface area contributed by atoms with Crippen molar-refractivity contribution in [3.05, 3.63) is 34.6 Å². The van der Waals surface area contributed by atoms with Crippen LogP contribution in [-0.2, 0) is 0 Å². The van der Waals surface area contributed by atoms with E-state index in [9.17, 15) is 14.3 Å². The minimum absolute atomic E-state index is 0.162. The molecule has 2 rings (SSSR count). The highest BCUT2D eigenvalue weighted by Gasteiger charge is 2.27. The molecule has 1 unspecified atom stereocenters. The second-order valence-electron chi connectivity index (χ2n) is 6.31. The van der Waals surface area contributed by atoms with E-state index in [-0.39, 0.29) is 24.7 Å². The lowest BCUT2D eigenvalue weighted by Crippen LogP contribution is -2.45. The Bertz CT molecular complexity index is 547. The smallest absolute Gasteiger partial charge is 0.317 e. The number of rotatable bonds is 4. The lowest BCUT2D eigenvalue weighted by molar-refractivity contribution is 0.133. The van der Waals surface area contributed by atoms with Crippen molar-refractivity contribution in [1.82, 2.24) is 10.2 Å². The van der Waals surface area contributed by atoms with Gasteiger partial charge in [0.15, 0.2) is 0 Å². The second-order valence-corrected chi connectivity index (χ2v) is 6.71. The van der Waals surface area contributed by atoms with E-state index in [0.29, 0.717) is 16.5 Å². The summed E-state index contributed by atoms with van der Waals surface area (Å²) < 4.78 is 13.1. The van der Waals surface area contributed by atoms with Crippen molar-refractivity contribution < 1.29 is 14.3 Å². The zero-order chi connectivity index (χ0) is 17.0. The number of hydrogen-bond donors (Lipinski definition) is 2. The maximum atomic E-state index is 13.1. The highest BCUT2D eigenvalue weighted by Crippen LogP contribution is 2.27. The van der Waals surface area contributed by atoms with Crippen LogP contribution < -0.4 is 5.32 Å². The lowest BCUT2D eigenvalue weighted by atomic mass is 9.86. The first-order chi connectivity index (χ1) is 10.9. The summed E-state index contributed by atoms with van der Waals surface area (Å²) in [6, 6.07) is 3.91. The van der Waals surface area contributed by atoms with Gasteiger partial charge in [-0.1, -0.05) is 17.7 Å². The molecule has 1 aromatic rings. The van der Waals surface area contributed by atoms with Crippen LogP contribution in [0.25, 0.3) is 0 Å². The number of halogens is 2. The van der Waals surface area contributed by atoms with Gasteiger partial charge < -0.3 is 15.3 Å². The Labute approximate surface area is 141 Å². The molecule has 0 spiro atoms. The van der Waals surface area contributed by atoms with Gasteiger partial charge in [0.25, 0.3) is 0 Å². The van der Waals surface area contributed by atoms with Crippen molar-refractivity contribution in [3.8, 4) is 0 Å². The van der Waals surface area contributed by atoms with Crippen LogP contribution in [0.4, 0.5) is 9.18 Å². The molecule has 0 bridgehead atoms. The molecule has 4 nitrogen and oxygen atoms in total. The van der Waals surface area contributed by atoms with Gasteiger partial charge in [0, 0.05) is 24.7 Å².